The predicted octanol–water partition coefficient (Wildman–Crippen LogP) is 7.15. The first-order valence-corrected chi connectivity index (χ1v) is 9.42. The summed E-state index contributed by atoms with van der Waals surface area (Å²) in [6.07, 6.45) is 10.9. The molecule has 26 heavy (non-hydrogen) atoms. The van der Waals surface area contributed by atoms with Crippen molar-refractivity contribution in [3.8, 4) is 0 Å². The van der Waals surface area contributed by atoms with Crippen molar-refractivity contribution in [3.63, 3.8) is 0 Å². The van der Waals surface area contributed by atoms with Gasteiger partial charge < -0.3 is 0 Å². The highest BCUT2D eigenvalue weighted by atomic mass is 14.0. The first-order chi connectivity index (χ1) is 12.8. The van der Waals surface area contributed by atoms with Gasteiger partial charge in [0.15, 0.2) is 0 Å². The summed E-state index contributed by atoms with van der Waals surface area (Å²) < 4.78 is 0. The molecule has 0 fully saturated rings. The average molecular weight is 338 g/mol. The van der Waals surface area contributed by atoms with Crippen LogP contribution < -0.4 is 0 Å². The van der Waals surface area contributed by atoms with E-state index < -0.39 is 0 Å². The van der Waals surface area contributed by atoms with Crippen molar-refractivity contribution in [1.82, 2.24) is 0 Å². The third kappa shape index (κ3) is 4.61. The van der Waals surface area contributed by atoms with E-state index in [0.29, 0.717) is 0 Å². The molecular formula is C26H26. The Labute approximate surface area is 157 Å². The zero-order chi connectivity index (χ0) is 18.2. The van der Waals surface area contributed by atoms with Gasteiger partial charge in [-0.05, 0) is 46.2 Å². The van der Waals surface area contributed by atoms with Crippen LogP contribution in [0.2, 0.25) is 0 Å². The van der Waals surface area contributed by atoms with Crippen LogP contribution in [0.5, 0.6) is 0 Å². The Morgan fingerprint density at radius 2 is 0.885 bits per heavy atom. The molecule has 0 unspecified atom stereocenters. The van der Waals surface area contributed by atoms with Gasteiger partial charge in [-0.3, -0.25) is 0 Å². The van der Waals surface area contributed by atoms with Crippen molar-refractivity contribution in [2.24, 2.45) is 0 Å². The van der Waals surface area contributed by atoms with E-state index in [-0.39, 0.29) is 0 Å². The van der Waals surface area contributed by atoms with Gasteiger partial charge in [0.05, 0.1) is 0 Å². The van der Waals surface area contributed by atoms with Gasteiger partial charge in [-0.15, -0.1) is 0 Å². The standard InChI is InChI=1S/C26H26/c1-3-23-9-5-7-11-25(23)19-17-21-13-15-22(16-14-21)18-20-26-12-8-6-10-24(26)4-2/h5-20H,3-4H2,1-2H3/b19-17+,20-18+. The highest BCUT2D eigenvalue weighted by molar-refractivity contribution is 5.74. The second-order valence-electron chi connectivity index (χ2n) is 6.44. The number of rotatable bonds is 6. The van der Waals surface area contributed by atoms with E-state index in [1.807, 2.05) is 0 Å². The zero-order valence-electron chi connectivity index (χ0n) is 15.7. The lowest BCUT2D eigenvalue weighted by Gasteiger charge is -2.03. The summed E-state index contributed by atoms with van der Waals surface area (Å²) >= 11 is 0. The Morgan fingerprint density at radius 3 is 1.27 bits per heavy atom. The Balaban J connectivity index is 1.72. The van der Waals surface area contributed by atoms with Crippen LogP contribution in [0.3, 0.4) is 0 Å². The fraction of sp³-hybridized carbons (Fsp3) is 0.154. The maximum Gasteiger partial charge on any atom is -0.0224 e. The van der Waals surface area contributed by atoms with E-state index in [4.69, 9.17) is 0 Å². The molecule has 3 rings (SSSR count). The molecule has 0 atom stereocenters. The fourth-order valence-electron chi connectivity index (χ4n) is 3.13. The van der Waals surface area contributed by atoms with Crippen LogP contribution in [0.1, 0.15) is 47.2 Å². The van der Waals surface area contributed by atoms with Gasteiger partial charge in [-0.1, -0.05) is 111 Å². The molecule has 0 saturated heterocycles. The molecule has 130 valence electrons. The highest BCUT2D eigenvalue weighted by Gasteiger charge is 1.97. The van der Waals surface area contributed by atoms with Crippen LogP contribution in [-0.4, -0.2) is 0 Å². The molecule has 0 aliphatic rings. The van der Waals surface area contributed by atoms with Crippen molar-refractivity contribution < 1.29 is 0 Å². The van der Waals surface area contributed by atoms with Crippen molar-refractivity contribution >= 4 is 24.3 Å². The summed E-state index contributed by atoms with van der Waals surface area (Å²) in [6, 6.07) is 25.9. The molecule has 0 nitrogen and oxygen atoms in total. The van der Waals surface area contributed by atoms with Crippen LogP contribution >= 0.6 is 0 Å². The van der Waals surface area contributed by atoms with E-state index in [0.717, 1.165) is 12.8 Å². The summed E-state index contributed by atoms with van der Waals surface area (Å²) in [5, 5.41) is 0. The lowest BCUT2D eigenvalue weighted by atomic mass is 10.0. The van der Waals surface area contributed by atoms with E-state index in [1.165, 1.54) is 33.4 Å². The van der Waals surface area contributed by atoms with Crippen LogP contribution in [0.15, 0.2) is 72.8 Å². The van der Waals surface area contributed by atoms with Crippen LogP contribution in [0.25, 0.3) is 24.3 Å². The molecule has 3 aromatic rings. The summed E-state index contributed by atoms with van der Waals surface area (Å²) in [5.74, 6) is 0. The number of hydrogen-bond donors (Lipinski definition) is 0. The minimum Gasteiger partial charge on any atom is -0.0620 e. The topological polar surface area (TPSA) is 0 Å². The van der Waals surface area contributed by atoms with Gasteiger partial charge in [-0.2, -0.15) is 0 Å². The third-order valence-electron chi connectivity index (χ3n) is 4.72. The van der Waals surface area contributed by atoms with Crippen molar-refractivity contribution in [1.29, 1.82) is 0 Å². The first kappa shape index (κ1) is 17.9. The molecule has 0 heterocycles. The molecule has 0 spiro atoms. The Morgan fingerprint density at radius 1 is 0.500 bits per heavy atom. The van der Waals surface area contributed by atoms with E-state index in [9.17, 15) is 0 Å². The van der Waals surface area contributed by atoms with Crippen LogP contribution in [-0.2, 0) is 12.8 Å². The lowest BCUT2D eigenvalue weighted by molar-refractivity contribution is 1.13. The van der Waals surface area contributed by atoms with Gasteiger partial charge in [-0.25, -0.2) is 0 Å². The van der Waals surface area contributed by atoms with E-state index in [2.05, 4.69) is 111 Å². The quantitative estimate of drug-likeness (QED) is 0.418. The molecule has 0 aromatic heterocycles. The normalized spacial score (nSPS) is 11.5. The largest absolute Gasteiger partial charge is 0.0620 e. The smallest absolute Gasteiger partial charge is 0.0224 e. The molecule has 0 aliphatic heterocycles. The lowest BCUT2D eigenvalue weighted by Crippen LogP contribution is -1.85. The second kappa shape index (κ2) is 9.01. The Bertz CT molecular complexity index is 819. The summed E-state index contributed by atoms with van der Waals surface area (Å²) in [4.78, 5) is 0. The zero-order valence-corrected chi connectivity index (χ0v) is 15.7. The first-order valence-electron chi connectivity index (χ1n) is 9.42. The predicted molar refractivity (Wildman–Crippen MR) is 116 cm³/mol. The molecule has 3 aromatic carbocycles. The summed E-state index contributed by atoms with van der Waals surface area (Å²) in [7, 11) is 0. The van der Waals surface area contributed by atoms with Crippen LogP contribution in [0, 0.1) is 0 Å². The van der Waals surface area contributed by atoms with Gasteiger partial charge >= 0.3 is 0 Å². The van der Waals surface area contributed by atoms with E-state index in [1.54, 1.807) is 0 Å². The van der Waals surface area contributed by atoms with E-state index >= 15 is 0 Å². The minimum atomic E-state index is 1.06. The van der Waals surface area contributed by atoms with Gasteiger partial charge in [0, 0.05) is 0 Å². The Kier molecular flexibility index (Phi) is 6.22. The molecular weight excluding hydrogens is 312 g/mol. The van der Waals surface area contributed by atoms with Crippen molar-refractivity contribution in [2.75, 3.05) is 0 Å². The highest BCUT2D eigenvalue weighted by Crippen LogP contribution is 2.16. The van der Waals surface area contributed by atoms with Gasteiger partial charge in [0.1, 0.15) is 0 Å². The third-order valence-corrected chi connectivity index (χ3v) is 4.72. The Hall–Kier alpha value is -2.86. The second-order valence-corrected chi connectivity index (χ2v) is 6.44. The van der Waals surface area contributed by atoms with Gasteiger partial charge in [0.25, 0.3) is 0 Å². The maximum absolute atomic E-state index is 2.21. The number of aryl methyl sites for hydroxylation is 2. The molecule has 0 radical (unpaired) electrons. The molecule has 0 saturated carbocycles. The molecule has 0 bridgehead atoms. The summed E-state index contributed by atoms with van der Waals surface area (Å²) in [6.45, 7) is 4.40. The van der Waals surface area contributed by atoms with Crippen LogP contribution in [0.4, 0.5) is 0 Å². The maximum atomic E-state index is 2.21. The molecule has 0 amide bonds. The van der Waals surface area contributed by atoms with Gasteiger partial charge in [0.2, 0.25) is 0 Å². The SMILES string of the molecule is CCc1ccccc1/C=C/c1ccc(/C=C/c2ccccc2CC)cc1. The number of hydrogen-bond acceptors (Lipinski definition) is 0. The summed E-state index contributed by atoms with van der Waals surface area (Å²) in [5.41, 5.74) is 7.82. The number of benzene rings is 3. The minimum absolute atomic E-state index is 1.06. The average Bonchev–Trinajstić information content (AvgIpc) is 2.72. The monoisotopic (exact) mass is 338 g/mol. The van der Waals surface area contributed by atoms with Crippen molar-refractivity contribution in [2.45, 2.75) is 26.7 Å². The van der Waals surface area contributed by atoms with Crippen molar-refractivity contribution in [3.05, 3.63) is 106 Å². The molecule has 0 heteroatoms. The fourth-order valence-corrected chi connectivity index (χ4v) is 3.13. The molecule has 0 aliphatic carbocycles. The molecule has 0 N–H and O–H groups in total.